The summed E-state index contributed by atoms with van der Waals surface area (Å²) in [7, 11) is 0. The van der Waals surface area contributed by atoms with Crippen LogP contribution in [-0.4, -0.2) is 16.3 Å². The third-order valence-electron chi connectivity index (χ3n) is 6.43. The Kier molecular flexibility index (Phi) is 2.20. The van der Waals surface area contributed by atoms with Gasteiger partial charge in [0.05, 0.1) is 11.1 Å². The summed E-state index contributed by atoms with van der Waals surface area (Å²) in [6.07, 6.45) is 9.30. The molecule has 1 aliphatic heterocycles. The summed E-state index contributed by atoms with van der Waals surface area (Å²) in [5.74, 6) is 2.76. The van der Waals surface area contributed by atoms with E-state index in [0.29, 0.717) is 0 Å². The lowest BCUT2D eigenvalue weighted by Crippen LogP contribution is -2.53. The van der Waals surface area contributed by atoms with E-state index in [1.807, 2.05) is 0 Å². The molecule has 0 atom stereocenters. The van der Waals surface area contributed by atoms with Gasteiger partial charge in [0, 0.05) is 25.2 Å². The topological polar surface area (TPSA) is 49.8 Å². The summed E-state index contributed by atoms with van der Waals surface area (Å²) in [4.78, 5) is 12.3. The van der Waals surface area contributed by atoms with Crippen molar-refractivity contribution in [3.63, 3.8) is 0 Å². The van der Waals surface area contributed by atoms with Crippen LogP contribution in [0.4, 0.5) is 0 Å². The summed E-state index contributed by atoms with van der Waals surface area (Å²) in [6, 6.07) is 0. The number of H-pyrrole nitrogens is 1. The number of hydrogen-bond donors (Lipinski definition) is 2. The van der Waals surface area contributed by atoms with Crippen molar-refractivity contribution in [2.75, 3.05) is 6.54 Å². The van der Waals surface area contributed by atoms with Gasteiger partial charge in [-0.15, -0.1) is 0 Å². The lowest BCUT2D eigenvalue weighted by Gasteiger charge is -2.57. The number of hydrogen-bond acceptors (Lipinski definition) is 2. The summed E-state index contributed by atoms with van der Waals surface area (Å²) in [5.41, 5.74) is 2.74. The highest BCUT2D eigenvalue weighted by molar-refractivity contribution is 5.23. The number of nitrogens with one attached hydrogen (secondary N) is 2. The van der Waals surface area contributed by atoms with Crippen LogP contribution in [0.2, 0.25) is 0 Å². The number of aromatic amines is 1. The molecule has 4 heteroatoms. The van der Waals surface area contributed by atoms with Crippen LogP contribution in [0.1, 0.15) is 49.8 Å². The molecule has 0 aromatic carbocycles. The average molecular weight is 273 g/mol. The maximum atomic E-state index is 12.3. The molecule has 4 fully saturated rings. The fourth-order valence-electron chi connectivity index (χ4n) is 6.11. The fourth-order valence-corrected chi connectivity index (χ4v) is 6.11. The van der Waals surface area contributed by atoms with Gasteiger partial charge in [-0.3, -0.25) is 14.6 Å². The molecule has 2 N–H and O–H groups in total. The second-order valence-corrected chi connectivity index (χ2v) is 7.77. The molecule has 1 aromatic heterocycles. The predicted octanol–water partition coefficient (Wildman–Crippen LogP) is 1.75. The van der Waals surface area contributed by atoms with Crippen LogP contribution in [0.25, 0.3) is 0 Å². The monoisotopic (exact) mass is 273 g/mol. The Morgan fingerprint density at radius 2 is 1.70 bits per heavy atom. The smallest absolute Gasteiger partial charge is 0.268 e. The summed E-state index contributed by atoms with van der Waals surface area (Å²) in [5, 5.41) is 6.57. The lowest BCUT2D eigenvalue weighted by molar-refractivity contribution is -0.0510. The van der Waals surface area contributed by atoms with Crippen molar-refractivity contribution in [2.45, 2.75) is 57.0 Å². The highest BCUT2D eigenvalue weighted by atomic mass is 16.1. The molecule has 2 heterocycles. The van der Waals surface area contributed by atoms with Crippen LogP contribution in [-0.2, 0) is 18.5 Å². The molecule has 6 rings (SSSR count). The minimum Gasteiger partial charge on any atom is -0.312 e. The van der Waals surface area contributed by atoms with Gasteiger partial charge in [-0.2, -0.15) is 0 Å². The van der Waals surface area contributed by atoms with Gasteiger partial charge >= 0.3 is 0 Å². The minimum absolute atomic E-state index is 0.156. The molecule has 5 aliphatic rings. The molecule has 20 heavy (non-hydrogen) atoms. The maximum absolute atomic E-state index is 12.3. The van der Waals surface area contributed by atoms with Crippen molar-refractivity contribution in [3.8, 4) is 0 Å². The first-order chi connectivity index (χ1) is 9.73. The molecule has 0 spiro atoms. The molecular weight excluding hydrogens is 250 g/mol. The Hall–Kier alpha value is -1.03. The zero-order valence-electron chi connectivity index (χ0n) is 12.0. The average Bonchev–Trinajstić information content (AvgIpc) is 2.76. The van der Waals surface area contributed by atoms with E-state index >= 15 is 0 Å². The molecule has 4 aliphatic carbocycles. The number of rotatable bonds is 1. The Morgan fingerprint density at radius 3 is 2.35 bits per heavy atom. The molecule has 4 bridgehead atoms. The van der Waals surface area contributed by atoms with Crippen LogP contribution in [0.5, 0.6) is 0 Å². The zero-order chi connectivity index (χ0) is 13.3. The largest absolute Gasteiger partial charge is 0.312 e. The van der Waals surface area contributed by atoms with Gasteiger partial charge in [0.25, 0.3) is 5.56 Å². The molecule has 1 aromatic rings. The van der Waals surface area contributed by atoms with E-state index in [4.69, 9.17) is 0 Å². The SMILES string of the molecule is O=c1[nH]n(C23CC4CC(CC(C4)C2)C3)c2c1CNCC2. The number of fused-ring (bicyclic) bond motifs is 1. The summed E-state index contributed by atoms with van der Waals surface area (Å²) < 4.78 is 2.36. The van der Waals surface area contributed by atoms with Gasteiger partial charge in [0.2, 0.25) is 0 Å². The van der Waals surface area contributed by atoms with E-state index in [2.05, 4.69) is 15.1 Å². The highest BCUT2D eigenvalue weighted by Gasteiger charge is 2.53. The van der Waals surface area contributed by atoms with Crippen molar-refractivity contribution < 1.29 is 0 Å². The van der Waals surface area contributed by atoms with Crippen LogP contribution >= 0.6 is 0 Å². The highest BCUT2D eigenvalue weighted by Crippen LogP contribution is 2.58. The van der Waals surface area contributed by atoms with Crippen LogP contribution in [0.3, 0.4) is 0 Å². The summed E-state index contributed by atoms with van der Waals surface area (Å²) >= 11 is 0. The molecule has 0 saturated heterocycles. The third-order valence-corrected chi connectivity index (χ3v) is 6.43. The van der Waals surface area contributed by atoms with E-state index in [1.54, 1.807) is 0 Å². The first-order valence-electron chi connectivity index (χ1n) is 8.27. The van der Waals surface area contributed by atoms with E-state index in [-0.39, 0.29) is 11.1 Å². The second kappa shape index (κ2) is 3.79. The van der Waals surface area contributed by atoms with Gasteiger partial charge in [-0.25, -0.2) is 0 Å². The van der Waals surface area contributed by atoms with Gasteiger partial charge < -0.3 is 5.32 Å². The Bertz CT molecular complexity index is 576. The van der Waals surface area contributed by atoms with E-state index < -0.39 is 0 Å². The van der Waals surface area contributed by atoms with Crippen molar-refractivity contribution >= 4 is 0 Å². The molecule has 0 amide bonds. The lowest BCUT2D eigenvalue weighted by atomic mass is 9.53. The van der Waals surface area contributed by atoms with Gasteiger partial charge in [0.15, 0.2) is 0 Å². The molecule has 4 nitrogen and oxygen atoms in total. The molecule has 0 radical (unpaired) electrons. The zero-order valence-corrected chi connectivity index (χ0v) is 12.0. The van der Waals surface area contributed by atoms with E-state index in [1.165, 1.54) is 44.2 Å². The summed E-state index contributed by atoms with van der Waals surface area (Å²) in [6.45, 7) is 1.76. The van der Waals surface area contributed by atoms with Crippen molar-refractivity contribution in [3.05, 3.63) is 21.6 Å². The minimum atomic E-state index is 0.156. The maximum Gasteiger partial charge on any atom is 0.268 e. The first kappa shape index (κ1) is 11.6. The molecule has 0 unspecified atom stereocenters. The number of nitrogens with zero attached hydrogens (tertiary/aromatic N) is 1. The van der Waals surface area contributed by atoms with E-state index in [0.717, 1.165) is 42.8 Å². The van der Waals surface area contributed by atoms with Crippen molar-refractivity contribution in [1.82, 2.24) is 15.1 Å². The number of aromatic nitrogens is 2. The first-order valence-corrected chi connectivity index (χ1v) is 8.27. The van der Waals surface area contributed by atoms with E-state index in [9.17, 15) is 4.79 Å². The van der Waals surface area contributed by atoms with Gasteiger partial charge in [-0.1, -0.05) is 0 Å². The fraction of sp³-hybridized carbons (Fsp3) is 0.812. The van der Waals surface area contributed by atoms with Crippen LogP contribution < -0.4 is 10.9 Å². The predicted molar refractivity (Wildman–Crippen MR) is 76.6 cm³/mol. The second-order valence-electron chi connectivity index (χ2n) is 7.77. The van der Waals surface area contributed by atoms with Gasteiger partial charge in [-0.05, 0) is 56.3 Å². The standard InChI is InChI=1S/C16H23N3O/c20-15-13-9-17-2-1-14(13)19(18-15)16-6-10-3-11(7-16)5-12(4-10)8-16/h10-12,17H,1-9H2,(H,18,20). The quantitative estimate of drug-likeness (QED) is 0.819. The Balaban J connectivity index is 1.65. The molecule has 108 valence electrons. The molecular formula is C16H23N3O. The van der Waals surface area contributed by atoms with Crippen LogP contribution in [0, 0.1) is 17.8 Å². The van der Waals surface area contributed by atoms with Gasteiger partial charge in [0.1, 0.15) is 0 Å². The van der Waals surface area contributed by atoms with Crippen LogP contribution in [0.15, 0.2) is 4.79 Å². The van der Waals surface area contributed by atoms with Crippen molar-refractivity contribution in [2.24, 2.45) is 17.8 Å². The third kappa shape index (κ3) is 1.43. The Labute approximate surface area is 118 Å². The molecule has 4 saturated carbocycles. The van der Waals surface area contributed by atoms with Crippen molar-refractivity contribution in [1.29, 1.82) is 0 Å². The Morgan fingerprint density at radius 1 is 1.05 bits per heavy atom. The normalized spacial score (nSPS) is 41.9.